The minimum absolute atomic E-state index is 0.138. The number of nitrogens with one attached hydrogen (secondary N) is 1. The number of hydroxylamine groups is 1. The summed E-state index contributed by atoms with van der Waals surface area (Å²) in [6, 6.07) is 4.95. The van der Waals surface area contributed by atoms with Crippen molar-refractivity contribution in [1.82, 2.24) is 5.48 Å². The molecule has 1 aliphatic rings. The van der Waals surface area contributed by atoms with Crippen LogP contribution in [0.1, 0.15) is 35.7 Å². The molecule has 1 aromatic carbocycles. The molecule has 0 heterocycles. The maximum Gasteiger partial charge on any atom is 0.270 e. The highest BCUT2D eigenvalue weighted by molar-refractivity contribution is 6.08. The van der Waals surface area contributed by atoms with E-state index in [0.29, 0.717) is 5.92 Å². The van der Waals surface area contributed by atoms with Crippen molar-refractivity contribution in [2.24, 2.45) is 5.92 Å². The Morgan fingerprint density at radius 3 is 2.35 bits per heavy atom. The number of hydrogen-bond acceptors (Lipinski definition) is 3. The molecule has 1 aromatic rings. The number of carbonyl (C=O) groups is 1. The summed E-state index contributed by atoms with van der Waals surface area (Å²) in [4.78, 5) is 12.2. The zero-order valence-electron chi connectivity index (χ0n) is 12.8. The van der Waals surface area contributed by atoms with Gasteiger partial charge < -0.3 is 10.7 Å². The Balaban J connectivity index is 2.21. The highest BCUT2D eigenvalue weighted by atomic mass is 19.3. The molecular formula is C18H18F2NO2-. The van der Waals surface area contributed by atoms with Crippen LogP contribution in [0.3, 0.4) is 0 Å². The molecule has 122 valence electrons. The number of hydrogen-bond donors (Lipinski definition) is 1. The quantitative estimate of drug-likeness (QED) is 0.349. The lowest BCUT2D eigenvalue weighted by Gasteiger charge is -2.14. The zero-order chi connectivity index (χ0) is 17.0. The zero-order valence-corrected chi connectivity index (χ0v) is 12.8. The van der Waals surface area contributed by atoms with Gasteiger partial charge in [0.2, 0.25) is 5.78 Å². The van der Waals surface area contributed by atoms with Crippen molar-refractivity contribution in [3.05, 3.63) is 76.7 Å². The molecule has 0 aliphatic heterocycles. The Kier molecular flexibility index (Phi) is 5.11. The lowest BCUT2D eigenvalue weighted by molar-refractivity contribution is 0.0174. The molecule has 0 radical (unpaired) electrons. The number of benzene rings is 1. The molecule has 23 heavy (non-hydrogen) atoms. The first-order valence-electron chi connectivity index (χ1n) is 7.32. The maximum atomic E-state index is 13.2. The summed E-state index contributed by atoms with van der Waals surface area (Å²) < 4.78 is 26.3. The molecule has 2 rings (SSSR count). The van der Waals surface area contributed by atoms with Crippen molar-refractivity contribution < 1.29 is 13.6 Å². The summed E-state index contributed by atoms with van der Waals surface area (Å²) in [5.41, 5.74) is 2.45. The number of Topliss-reactive ketones (excluding diaryl/α,β-unsaturated/α-hetero) is 1. The fourth-order valence-electron chi connectivity index (χ4n) is 2.19. The van der Waals surface area contributed by atoms with Gasteiger partial charge in [0.25, 0.3) is 5.92 Å². The smallest absolute Gasteiger partial charge is 0.270 e. The molecule has 0 amide bonds. The molecule has 0 aromatic heterocycles. The number of halogens is 2. The third-order valence-electron chi connectivity index (χ3n) is 3.74. The first kappa shape index (κ1) is 17.1. The van der Waals surface area contributed by atoms with Crippen LogP contribution in [0.4, 0.5) is 8.78 Å². The first-order valence-corrected chi connectivity index (χ1v) is 7.32. The molecule has 0 spiro atoms. The molecule has 1 fully saturated rings. The second-order valence-electron chi connectivity index (χ2n) is 5.62. The molecule has 1 saturated carbocycles. The molecule has 0 atom stereocenters. The van der Waals surface area contributed by atoms with E-state index in [1.165, 1.54) is 30.3 Å². The number of allylic oxidation sites excluding steroid dienone is 5. The van der Waals surface area contributed by atoms with E-state index in [0.717, 1.165) is 25.3 Å². The minimum atomic E-state index is -2.97. The molecular weight excluding hydrogens is 300 g/mol. The fourth-order valence-corrected chi connectivity index (χ4v) is 2.19. The van der Waals surface area contributed by atoms with Crippen LogP contribution in [-0.2, 0) is 5.92 Å². The van der Waals surface area contributed by atoms with E-state index in [4.69, 9.17) is 0 Å². The predicted molar refractivity (Wildman–Crippen MR) is 85.9 cm³/mol. The predicted octanol–water partition coefficient (Wildman–Crippen LogP) is 4.47. The monoisotopic (exact) mass is 318 g/mol. The van der Waals surface area contributed by atoms with Crippen LogP contribution in [0.5, 0.6) is 0 Å². The average Bonchev–Trinajstić information content (AvgIpc) is 3.35. The topological polar surface area (TPSA) is 52.2 Å². The third-order valence-corrected chi connectivity index (χ3v) is 3.74. The molecule has 0 bridgehead atoms. The van der Waals surface area contributed by atoms with Gasteiger partial charge in [-0.25, -0.2) is 8.78 Å². The summed E-state index contributed by atoms with van der Waals surface area (Å²) in [6.45, 7) is 4.50. The normalized spacial score (nSPS) is 16.2. The summed E-state index contributed by atoms with van der Waals surface area (Å²) in [5, 5.41) is 11.0. The van der Waals surface area contributed by atoms with Crippen molar-refractivity contribution in [3.8, 4) is 0 Å². The number of carbonyl (C=O) groups excluding carboxylic acids is 1. The van der Waals surface area contributed by atoms with Gasteiger partial charge in [0.05, 0.1) is 5.70 Å². The highest BCUT2D eigenvalue weighted by Crippen LogP contribution is 2.36. The van der Waals surface area contributed by atoms with Gasteiger partial charge in [-0.3, -0.25) is 4.79 Å². The maximum absolute atomic E-state index is 13.2. The van der Waals surface area contributed by atoms with E-state index in [9.17, 15) is 18.8 Å². The van der Waals surface area contributed by atoms with Gasteiger partial charge in [-0.15, -0.1) is 0 Å². The molecule has 0 saturated heterocycles. The van der Waals surface area contributed by atoms with Gasteiger partial charge in [0.15, 0.2) is 0 Å². The lowest BCUT2D eigenvalue weighted by Crippen LogP contribution is -2.15. The van der Waals surface area contributed by atoms with Gasteiger partial charge in [0, 0.05) is 18.1 Å². The second kappa shape index (κ2) is 6.87. The van der Waals surface area contributed by atoms with Crippen LogP contribution >= 0.6 is 0 Å². The van der Waals surface area contributed by atoms with E-state index in [1.54, 1.807) is 17.6 Å². The summed E-state index contributed by atoms with van der Waals surface area (Å²) in [6.07, 6.45) is 6.96. The lowest BCUT2D eigenvalue weighted by atomic mass is 10.0. The van der Waals surface area contributed by atoms with Gasteiger partial charge in [-0.05, 0) is 30.4 Å². The average molecular weight is 318 g/mol. The van der Waals surface area contributed by atoms with Crippen LogP contribution in [0, 0.1) is 11.1 Å². The Bertz CT molecular complexity index is 651. The van der Waals surface area contributed by atoms with Gasteiger partial charge >= 0.3 is 0 Å². The number of ketones is 1. The van der Waals surface area contributed by atoms with Crippen molar-refractivity contribution >= 4 is 5.78 Å². The summed E-state index contributed by atoms with van der Waals surface area (Å²) >= 11 is 0. The minimum Gasteiger partial charge on any atom is -0.761 e. The van der Waals surface area contributed by atoms with Gasteiger partial charge in [0.1, 0.15) is 0 Å². The molecule has 0 unspecified atom stereocenters. The van der Waals surface area contributed by atoms with Gasteiger partial charge in [-0.2, -0.15) is 0 Å². The third kappa shape index (κ3) is 4.36. The number of alkyl halides is 2. The standard InChI is InChI=1S/C18H18F2NO2/c1-3-12(13-4-5-13)8-11-16(21-23)17(22)14-6-9-15(10-7-14)18(2,19)20/h3,6-11,13,21H,1,4-5H2,2H3/q-1/b12-8+,16-11-. The van der Waals surface area contributed by atoms with Crippen LogP contribution in [0.15, 0.2) is 60.3 Å². The SMILES string of the molecule is C=C/C(=C\C=C(/N[O-])C(=O)c1ccc(C(C)(F)F)cc1)C1CC1. The van der Waals surface area contributed by atoms with E-state index in [-0.39, 0.29) is 16.8 Å². The Morgan fingerprint density at radius 2 is 1.91 bits per heavy atom. The highest BCUT2D eigenvalue weighted by Gasteiger charge is 2.25. The molecule has 1 aliphatic carbocycles. The van der Waals surface area contributed by atoms with Crippen LogP contribution < -0.4 is 5.48 Å². The van der Waals surface area contributed by atoms with E-state index < -0.39 is 11.7 Å². The van der Waals surface area contributed by atoms with Gasteiger partial charge in [-0.1, -0.05) is 43.0 Å². The Hall–Kier alpha value is -2.27. The number of rotatable bonds is 7. The Labute approximate surface area is 134 Å². The van der Waals surface area contributed by atoms with E-state index in [1.807, 2.05) is 0 Å². The second-order valence-corrected chi connectivity index (χ2v) is 5.62. The first-order chi connectivity index (χ1) is 10.9. The van der Waals surface area contributed by atoms with Crippen molar-refractivity contribution in [1.29, 1.82) is 0 Å². The van der Waals surface area contributed by atoms with Crippen molar-refractivity contribution in [3.63, 3.8) is 0 Å². The molecule has 3 nitrogen and oxygen atoms in total. The van der Waals surface area contributed by atoms with Crippen LogP contribution in [0.2, 0.25) is 0 Å². The summed E-state index contributed by atoms with van der Waals surface area (Å²) in [7, 11) is 0. The fraction of sp³-hybridized carbons (Fsp3) is 0.278. The van der Waals surface area contributed by atoms with Crippen molar-refractivity contribution in [2.45, 2.75) is 25.7 Å². The summed E-state index contributed by atoms with van der Waals surface area (Å²) in [5.74, 6) is -3.07. The Morgan fingerprint density at radius 1 is 1.30 bits per heavy atom. The van der Waals surface area contributed by atoms with Crippen LogP contribution in [-0.4, -0.2) is 5.78 Å². The van der Waals surface area contributed by atoms with Crippen molar-refractivity contribution in [2.75, 3.05) is 0 Å². The van der Waals surface area contributed by atoms with Crippen LogP contribution in [0.25, 0.3) is 0 Å². The molecule has 1 N–H and O–H groups in total. The largest absolute Gasteiger partial charge is 0.761 e. The molecule has 5 heteroatoms. The van der Waals surface area contributed by atoms with E-state index >= 15 is 0 Å². The van der Waals surface area contributed by atoms with E-state index in [2.05, 4.69) is 6.58 Å².